The third-order valence-corrected chi connectivity index (χ3v) is 3.54. The molecule has 7 heteroatoms. The predicted octanol–water partition coefficient (Wildman–Crippen LogP) is 1.73. The number of hydrogen-bond acceptors (Lipinski definition) is 4. The number of carbonyl (C=O) groups is 1. The lowest BCUT2D eigenvalue weighted by Gasteiger charge is -2.29. The molecule has 1 heterocycles. The molecule has 0 spiro atoms. The Bertz CT molecular complexity index is 393. The molecule has 100 valence electrons. The topological polar surface area (TPSA) is 57.1 Å². The first kappa shape index (κ1) is 13.1. The van der Waals surface area contributed by atoms with Gasteiger partial charge < -0.3 is 4.90 Å². The molecular formula is C11H16F2N4O. The monoisotopic (exact) mass is 258 g/mol. The summed E-state index contributed by atoms with van der Waals surface area (Å²) in [6.07, 6.45) is 1.23. The Labute approximate surface area is 104 Å². The van der Waals surface area contributed by atoms with Crippen LogP contribution < -0.4 is 5.32 Å². The maximum absolute atomic E-state index is 14.0. The highest BCUT2D eigenvalue weighted by Gasteiger charge is 2.59. The van der Waals surface area contributed by atoms with Crippen LogP contribution in [-0.2, 0) is 4.79 Å². The summed E-state index contributed by atoms with van der Waals surface area (Å²) in [7, 11) is 0. The van der Waals surface area contributed by atoms with Crippen molar-refractivity contribution in [1.29, 1.82) is 0 Å². The van der Waals surface area contributed by atoms with Crippen LogP contribution >= 0.6 is 0 Å². The summed E-state index contributed by atoms with van der Waals surface area (Å²) in [6, 6.07) is 0. The molecule has 0 aromatic rings. The minimum Gasteiger partial charge on any atom is -0.311 e. The quantitative estimate of drug-likeness (QED) is 0.816. The van der Waals surface area contributed by atoms with E-state index >= 15 is 0 Å². The molecule has 2 rings (SSSR count). The number of nitrogens with zero attached hydrogens (tertiary/aromatic N) is 3. The van der Waals surface area contributed by atoms with Gasteiger partial charge in [0.1, 0.15) is 6.67 Å². The molecule has 1 amide bonds. The molecule has 1 aliphatic heterocycles. The van der Waals surface area contributed by atoms with E-state index in [-0.39, 0.29) is 6.67 Å². The van der Waals surface area contributed by atoms with E-state index in [1.165, 1.54) is 6.92 Å². The van der Waals surface area contributed by atoms with Gasteiger partial charge in [-0.05, 0) is 19.0 Å². The zero-order chi connectivity index (χ0) is 13.4. The fraction of sp³-hybridized carbons (Fsp3) is 0.727. The first-order chi connectivity index (χ1) is 8.39. The summed E-state index contributed by atoms with van der Waals surface area (Å²) in [5, 5.41) is 9.94. The van der Waals surface area contributed by atoms with Gasteiger partial charge in [0.25, 0.3) is 11.8 Å². The maximum Gasteiger partial charge on any atom is 0.270 e. The summed E-state index contributed by atoms with van der Waals surface area (Å²) in [6.45, 7) is 4.52. The number of hydrogen-bond donors (Lipinski definition) is 1. The number of halogens is 2. The van der Waals surface area contributed by atoms with Crippen molar-refractivity contribution in [2.45, 2.75) is 31.9 Å². The van der Waals surface area contributed by atoms with Gasteiger partial charge in [-0.1, -0.05) is 13.5 Å². The largest absolute Gasteiger partial charge is 0.311 e. The van der Waals surface area contributed by atoms with Crippen molar-refractivity contribution in [3.63, 3.8) is 0 Å². The zero-order valence-electron chi connectivity index (χ0n) is 10.2. The number of carbonyl (C=O) groups excluding carboxylic acids is 1. The van der Waals surface area contributed by atoms with Gasteiger partial charge in [0.2, 0.25) is 6.17 Å². The van der Waals surface area contributed by atoms with Gasteiger partial charge in [0.05, 0.1) is 6.54 Å². The number of amides is 1. The minimum atomic E-state index is -2.91. The van der Waals surface area contributed by atoms with Crippen molar-refractivity contribution in [2.24, 2.45) is 15.6 Å². The van der Waals surface area contributed by atoms with E-state index in [1.807, 2.05) is 0 Å². The fourth-order valence-corrected chi connectivity index (χ4v) is 1.77. The molecule has 0 bridgehead atoms. The van der Waals surface area contributed by atoms with E-state index in [9.17, 15) is 13.6 Å². The highest BCUT2D eigenvalue weighted by molar-refractivity contribution is 5.82. The molecule has 18 heavy (non-hydrogen) atoms. The molecule has 1 saturated carbocycles. The Morgan fingerprint density at radius 3 is 2.78 bits per heavy atom. The van der Waals surface area contributed by atoms with Crippen molar-refractivity contribution < 1.29 is 13.6 Å². The summed E-state index contributed by atoms with van der Waals surface area (Å²) < 4.78 is 27.9. The standard InChI is InChI=1S/C11H16F2N4O/c1-3-17(9(18)8-14-7-15-16-8)6-11(12,13)10(2)4-5-10/h3,8,14H,1,4-7H2,2H3. The highest BCUT2D eigenvalue weighted by Crippen LogP contribution is 2.56. The van der Waals surface area contributed by atoms with Crippen LogP contribution in [0.25, 0.3) is 0 Å². The van der Waals surface area contributed by atoms with Gasteiger partial charge in [-0.25, -0.2) is 8.78 Å². The molecular weight excluding hydrogens is 242 g/mol. The molecule has 0 saturated heterocycles. The summed E-state index contributed by atoms with van der Waals surface area (Å²) >= 11 is 0. The second kappa shape index (κ2) is 4.38. The van der Waals surface area contributed by atoms with Gasteiger partial charge in [-0.15, -0.1) is 0 Å². The third-order valence-electron chi connectivity index (χ3n) is 3.54. The summed E-state index contributed by atoms with van der Waals surface area (Å²) in [4.78, 5) is 12.8. The van der Waals surface area contributed by atoms with Crippen LogP contribution in [0.5, 0.6) is 0 Å². The first-order valence-electron chi connectivity index (χ1n) is 5.80. The van der Waals surface area contributed by atoms with Crippen LogP contribution in [0.3, 0.4) is 0 Å². The second-order valence-corrected chi connectivity index (χ2v) is 4.94. The van der Waals surface area contributed by atoms with Crippen LogP contribution in [0, 0.1) is 5.41 Å². The van der Waals surface area contributed by atoms with E-state index in [1.54, 1.807) is 0 Å². The van der Waals surface area contributed by atoms with Gasteiger partial charge in [0, 0.05) is 5.41 Å². The van der Waals surface area contributed by atoms with Crippen molar-refractivity contribution in [3.8, 4) is 0 Å². The Balaban J connectivity index is 2.02. The van der Waals surface area contributed by atoms with Crippen LogP contribution in [0.2, 0.25) is 0 Å². The lowest BCUT2D eigenvalue weighted by molar-refractivity contribution is -0.139. The Morgan fingerprint density at radius 2 is 2.33 bits per heavy atom. The van der Waals surface area contributed by atoms with Gasteiger partial charge in [0.15, 0.2) is 0 Å². The van der Waals surface area contributed by atoms with Crippen molar-refractivity contribution in [3.05, 3.63) is 12.8 Å². The van der Waals surface area contributed by atoms with E-state index < -0.39 is 30.0 Å². The molecule has 2 aliphatic rings. The molecule has 5 nitrogen and oxygen atoms in total. The summed E-state index contributed by atoms with van der Waals surface area (Å²) in [5.41, 5.74) is -0.987. The first-order valence-corrected chi connectivity index (χ1v) is 5.80. The SMILES string of the molecule is C=CN(CC(F)(F)C1(C)CC1)C(=O)C1N=NCN1. The van der Waals surface area contributed by atoms with E-state index in [0.29, 0.717) is 12.8 Å². The third kappa shape index (κ3) is 2.27. The lowest BCUT2D eigenvalue weighted by Crippen LogP contribution is -2.47. The Hall–Kier alpha value is -1.37. The maximum atomic E-state index is 14.0. The molecule has 1 N–H and O–H groups in total. The smallest absolute Gasteiger partial charge is 0.270 e. The molecule has 1 aliphatic carbocycles. The van der Waals surface area contributed by atoms with E-state index in [4.69, 9.17) is 0 Å². The predicted molar refractivity (Wildman–Crippen MR) is 60.8 cm³/mol. The van der Waals surface area contributed by atoms with Gasteiger partial charge in [-0.2, -0.15) is 10.2 Å². The van der Waals surface area contributed by atoms with Crippen molar-refractivity contribution in [2.75, 3.05) is 13.2 Å². The van der Waals surface area contributed by atoms with Gasteiger partial charge >= 0.3 is 0 Å². The number of nitrogens with one attached hydrogen (secondary N) is 1. The van der Waals surface area contributed by atoms with E-state index in [0.717, 1.165) is 11.1 Å². The number of rotatable bonds is 5. The fourth-order valence-electron chi connectivity index (χ4n) is 1.77. The molecule has 1 atom stereocenters. The Morgan fingerprint density at radius 1 is 1.67 bits per heavy atom. The Kier molecular flexibility index (Phi) is 3.18. The normalized spacial score (nSPS) is 24.9. The highest BCUT2D eigenvalue weighted by atomic mass is 19.3. The molecule has 0 aromatic carbocycles. The molecule has 1 fully saturated rings. The van der Waals surface area contributed by atoms with Crippen LogP contribution in [-0.4, -0.2) is 36.1 Å². The molecule has 0 radical (unpaired) electrons. The minimum absolute atomic E-state index is 0.232. The van der Waals surface area contributed by atoms with Crippen molar-refractivity contribution >= 4 is 5.91 Å². The van der Waals surface area contributed by atoms with E-state index in [2.05, 4.69) is 22.1 Å². The number of alkyl halides is 2. The van der Waals surface area contributed by atoms with Crippen LogP contribution in [0.4, 0.5) is 8.78 Å². The average Bonchev–Trinajstić information content (AvgIpc) is 2.89. The lowest BCUT2D eigenvalue weighted by atomic mass is 10.0. The summed E-state index contributed by atoms with van der Waals surface area (Å²) in [5.74, 6) is -3.46. The molecule has 0 aromatic heterocycles. The van der Waals surface area contributed by atoms with Crippen LogP contribution in [0.15, 0.2) is 23.0 Å². The van der Waals surface area contributed by atoms with Crippen molar-refractivity contribution in [1.82, 2.24) is 10.2 Å². The second-order valence-electron chi connectivity index (χ2n) is 4.94. The number of azo groups is 1. The van der Waals surface area contributed by atoms with Crippen LogP contribution in [0.1, 0.15) is 19.8 Å². The average molecular weight is 258 g/mol. The zero-order valence-corrected chi connectivity index (χ0v) is 10.2. The molecule has 1 unspecified atom stereocenters. The van der Waals surface area contributed by atoms with Gasteiger partial charge in [-0.3, -0.25) is 10.1 Å².